The molecule has 0 radical (unpaired) electrons. The summed E-state index contributed by atoms with van der Waals surface area (Å²) in [6.07, 6.45) is -11.1. The first kappa shape index (κ1) is 23.2. The van der Waals surface area contributed by atoms with E-state index in [2.05, 4.69) is 5.32 Å². The van der Waals surface area contributed by atoms with Gasteiger partial charge in [-0.3, -0.25) is 9.36 Å². The Morgan fingerprint density at radius 3 is 2.29 bits per heavy atom. The van der Waals surface area contributed by atoms with Gasteiger partial charge in [0.25, 0.3) is 5.56 Å². The third-order valence-corrected chi connectivity index (χ3v) is 6.40. The number of thiophene rings is 1. The molecule has 2 amide bonds. The summed E-state index contributed by atoms with van der Waals surface area (Å²) in [5.41, 5.74) is -2.45. The predicted molar refractivity (Wildman–Crippen MR) is 100 cm³/mol. The number of hydrogen-bond acceptors (Lipinski definition) is 4. The van der Waals surface area contributed by atoms with Gasteiger partial charge in [-0.1, -0.05) is 0 Å². The lowest BCUT2D eigenvalue weighted by Crippen LogP contribution is -2.45. The average molecular weight is 472 g/mol. The average Bonchev–Trinajstić information content (AvgIpc) is 3.17. The first-order chi connectivity index (χ1) is 14.2. The van der Waals surface area contributed by atoms with Crippen molar-refractivity contribution < 1.29 is 31.1 Å². The van der Waals surface area contributed by atoms with Gasteiger partial charge in [0, 0.05) is 24.5 Å². The lowest BCUT2D eigenvalue weighted by Gasteiger charge is -2.20. The van der Waals surface area contributed by atoms with Crippen molar-refractivity contribution in [2.75, 3.05) is 13.1 Å². The Morgan fingerprint density at radius 1 is 1.13 bits per heavy atom. The molecule has 3 heterocycles. The molecular formula is C17H18F6N4O3S. The van der Waals surface area contributed by atoms with Crippen LogP contribution in [0.15, 0.2) is 9.59 Å². The largest absolute Gasteiger partial charge is 0.409 e. The molecule has 7 nitrogen and oxygen atoms in total. The van der Waals surface area contributed by atoms with Crippen LogP contribution >= 0.6 is 11.3 Å². The lowest BCUT2D eigenvalue weighted by molar-refractivity contribution is -0.164. The van der Waals surface area contributed by atoms with Gasteiger partial charge in [-0.25, -0.2) is 14.2 Å². The smallest absolute Gasteiger partial charge is 0.336 e. The summed E-state index contributed by atoms with van der Waals surface area (Å²) < 4.78 is 78.7. The van der Waals surface area contributed by atoms with Crippen LogP contribution in [0.5, 0.6) is 0 Å². The van der Waals surface area contributed by atoms with Crippen LogP contribution in [0.1, 0.15) is 29.8 Å². The molecule has 172 valence electrons. The fraction of sp³-hybridized carbons (Fsp3) is 0.588. The Hall–Kier alpha value is -2.51. The van der Waals surface area contributed by atoms with Crippen LogP contribution < -0.4 is 16.6 Å². The summed E-state index contributed by atoms with van der Waals surface area (Å²) in [5, 5.41) is 2.32. The van der Waals surface area contributed by atoms with Gasteiger partial charge in [-0.15, -0.1) is 11.3 Å². The molecule has 1 aliphatic rings. The van der Waals surface area contributed by atoms with Crippen molar-refractivity contribution in [2.45, 2.75) is 51.8 Å². The van der Waals surface area contributed by atoms with Gasteiger partial charge in [0.1, 0.15) is 10.9 Å². The Labute approximate surface area is 174 Å². The van der Waals surface area contributed by atoms with Crippen molar-refractivity contribution >= 4 is 27.6 Å². The van der Waals surface area contributed by atoms with E-state index in [1.807, 2.05) is 0 Å². The Balaban J connectivity index is 2.24. The second kappa shape index (κ2) is 7.88. The van der Waals surface area contributed by atoms with E-state index in [-0.39, 0.29) is 32.9 Å². The second-order valence-corrected chi connectivity index (χ2v) is 8.26. The first-order valence-corrected chi connectivity index (χ1v) is 9.97. The van der Waals surface area contributed by atoms with E-state index in [9.17, 15) is 40.7 Å². The SMILES string of the molecule is Cc1c(CN2CCNC2=O)sc2c1c(=O)n(C(C)C(F)(F)F)c(=O)n2CCC(F)(F)F. The number of aromatic nitrogens is 2. The van der Waals surface area contributed by atoms with Crippen molar-refractivity contribution in [1.82, 2.24) is 19.4 Å². The normalized spacial score (nSPS) is 16.3. The van der Waals surface area contributed by atoms with Crippen LogP contribution in [0, 0.1) is 6.92 Å². The number of nitrogens with one attached hydrogen (secondary N) is 1. The number of nitrogens with zero attached hydrogens (tertiary/aromatic N) is 3. The van der Waals surface area contributed by atoms with Crippen LogP contribution in [0.4, 0.5) is 31.1 Å². The first-order valence-electron chi connectivity index (χ1n) is 9.16. The van der Waals surface area contributed by atoms with E-state index < -0.39 is 42.6 Å². The van der Waals surface area contributed by atoms with Crippen LogP contribution in [-0.2, 0) is 13.1 Å². The molecule has 0 bridgehead atoms. The molecule has 2 aromatic rings. The van der Waals surface area contributed by atoms with Gasteiger partial charge < -0.3 is 10.2 Å². The van der Waals surface area contributed by atoms with E-state index in [1.165, 1.54) is 11.8 Å². The van der Waals surface area contributed by atoms with Crippen LogP contribution in [0.2, 0.25) is 0 Å². The van der Waals surface area contributed by atoms with Crippen LogP contribution in [0.25, 0.3) is 10.2 Å². The van der Waals surface area contributed by atoms with Gasteiger partial charge in [-0.05, 0) is 19.4 Å². The number of alkyl halides is 6. The second-order valence-electron chi connectivity index (χ2n) is 7.18. The number of hydrogen-bond donors (Lipinski definition) is 1. The zero-order valence-corrected chi connectivity index (χ0v) is 17.2. The highest BCUT2D eigenvalue weighted by Gasteiger charge is 2.40. The molecule has 0 spiro atoms. The minimum atomic E-state index is -4.96. The maximum absolute atomic E-state index is 13.3. The monoisotopic (exact) mass is 472 g/mol. The van der Waals surface area contributed by atoms with Gasteiger partial charge in [0.05, 0.1) is 18.4 Å². The lowest BCUT2D eigenvalue weighted by atomic mass is 10.2. The van der Waals surface area contributed by atoms with E-state index in [0.29, 0.717) is 29.5 Å². The van der Waals surface area contributed by atoms with Crippen molar-refractivity contribution in [2.24, 2.45) is 0 Å². The number of carbonyl (C=O) groups excluding carboxylic acids is 1. The van der Waals surface area contributed by atoms with Crippen molar-refractivity contribution in [3.05, 3.63) is 31.3 Å². The fourth-order valence-electron chi connectivity index (χ4n) is 3.32. The molecular weight excluding hydrogens is 454 g/mol. The molecule has 0 aliphatic carbocycles. The molecule has 1 unspecified atom stereocenters. The topological polar surface area (TPSA) is 76.3 Å². The summed E-state index contributed by atoms with van der Waals surface area (Å²) in [4.78, 5) is 39.1. The van der Waals surface area contributed by atoms with Crippen molar-refractivity contribution in [3.8, 4) is 0 Å². The quantitative estimate of drug-likeness (QED) is 0.680. The number of urea groups is 1. The Morgan fingerprint density at radius 2 is 1.77 bits per heavy atom. The highest BCUT2D eigenvalue weighted by atomic mass is 32.1. The molecule has 1 saturated heterocycles. The molecule has 0 saturated carbocycles. The summed E-state index contributed by atoms with van der Waals surface area (Å²) in [6, 6.07) is -2.91. The number of carbonyl (C=O) groups is 1. The predicted octanol–water partition coefficient (Wildman–Crippen LogP) is 3.13. The van der Waals surface area contributed by atoms with Crippen molar-refractivity contribution in [3.63, 3.8) is 0 Å². The van der Waals surface area contributed by atoms with Crippen LogP contribution in [-0.4, -0.2) is 45.5 Å². The molecule has 1 fully saturated rings. The third kappa shape index (κ3) is 4.43. The molecule has 14 heteroatoms. The molecule has 2 aromatic heterocycles. The number of fused-ring (bicyclic) bond motifs is 1. The van der Waals surface area contributed by atoms with Crippen LogP contribution in [0.3, 0.4) is 0 Å². The molecule has 31 heavy (non-hydrogen) atoms. The molecule has 1 N–H and O–H groups in total. The molecule has 0 aromatic carbocycles. The van der Waals surface area contributed by atoms with E-state index in [4.69, 9.17) is 0 Å². The zero-order valence-electron chi connectivity index (χ0n) is 16.4. The fourth-order valence-corrected chi connectivity index (χ4v) is 4.65. The maximum Gasteiger partial charge on any atom is 0.409 e. The summed E-state index contributed by atoms with van der Waals surface area (Å²) >= 11 is 0.826. The van der Waals surface area contributed by atoms with Gasteiger partial charge in [0.2, 0.25) is 0 Å². The maximum atomic E-state index is 13.3. The molecule has 1 atom stereocenters. The number of halogens is 6. The highest BCUT2D eigenvalue weighted by molar-refractivity contribution is 7.18. The summed E-state index contributed by atoms with van der Waals surface area (Å²) in [7, 11) is 0. The van der Waals surface area contributed by atoms with E-state index >= 15 is 0 Å². The van der Waals surface area contributed by atoms with E-state index in [1.54, 1.807) is 0 Å². The summed E-state index contributed by atoms with van der Waals surface area (Å²) in [5.74, 6) is 0. The minimum absolute atomic E-state index is 0.0126. The highest BCUT2D eigenvalue weighted by Crippen LogP contribution is 2.32. The van der Waals surface area contributed by atoms with Gasteiger partial charge in [-0.2, -0.15) is 26.3 Å². The van der Waals surface area contributed by atoms with Gasteiger partial charge in [0.15, 0.2) is 0 Å². The zero-order chi connectivity index (χ0) is 23.3. The number of aryl methyl sites for hydroxylation is 2. The molecule has 1 aliphatic heterocycles. The molecule has 3 rings (SSSR count). The number of amides is 2. The summed E-state index contributed by atoms with van der Waals surface area (Å²) in [6.45, 7) is 1.84. The van der Waals surface area contributed by atoms with E-state index in [0.717, 1.165) is 11.3 Å². The Bertz CT molecular complexity index is 1130. The third-order valence-electron chi connectivity index (χ3n) is 5.10. The standard InChI is InChI=1S/C17H18F6N4O3S/c1-8-10(7-25-6-4-24-14(25)29)31-13-11(8)12(28)27(9(2)17(21,22)23)15(30)26(13)5-3-16(18,19)20/h9H,3-7H2,1-2H3,(H,24,29). The van der Waals surface area contributed by atoms with Gasteiger partial charge >= 0.3 is 24.1 Å². The number of rotatable bonds is 5. The minimum Gasteiger partial charge on any atom is -0.336 e. The Kier molecular flexibility index (Phi) is 5.88. The van der Waals surface area contributed by atoms with Crippen molar-refractivity contribution in [1.29, 1.82) is 0 Å².